The lowest BCUT2D eigenvalue weighted by Crippen LogP contribution is -2.40. The van der Waals surface area contributed by atoms with Crippen LogP contribution < -0.4 is 0 Å². The first-order valence-electron chi connectivity index (χ1n) is 8.77. The fourth-order valence-electron chi connectivity index (χ4n) is 3.70. The van der Waals surface area contributed by atoms with Gasteiger partial charge in [0.05, 0.1) is 5.92 Å². The molecule has 0 N–H and O–H groups in total. The summed E-state index contributed by atoms with van der Waals surface area (Å²) in [7, 11) is 0. The van der Waals surface area contributed by atoms with E-state index in [9.17, 15) is 9.59 Å². The van der Waals surface area contributed by atoms with Crippen LogP contribution in [0.4, 0.5) is 0 Å². The van der Waals surface area contributed by atoms with Gasteiger partial charge in [-0.1, -0.05) is 29.8 Å². The highest BCUT2D eigenvalue weighted by molar-refractivity contribution is 7.10. The van der Waals surface area contributed by atoms with Crippen LogP contribution in [0.2, 0.25) is 0 Å². The molecule has 0 spiro atoms. The smallest absolute Gasteiger partial charge is 0.228 e. The zero-order valence-corrected chi connectivity index (χ0v) is 15.2. The summed E-state index contributed by atoms with van der Waals surface area (Å²) < 4.78 is 0. The Bertz CT molecular complexity index is 796. The van der Waals surface area contributed by atoms with Gasteiger partial charge >= 0.3 is 0 Å². The predicted octanol–water partition coefficient (Wildman–Crippen LogP) is 2.99. The van der Waals surface area contributed by atoms with E-state index in [4.69, 9.17) is 0 Å². The van der Waals surface area contributed by atoms with Crippen molar-refractivity contribution in [1.82, 2.24) is 9.80 Å². The molecule has 1 aromatic heterocycles. The van der Waals surface area contributed by atoms with Gasteiger partial charge in [-0.25, -0.2) is 0 Å². The molecule has 0 bridgehead atoms. The first-order chi connectivity index (χ1) is 12.1. The predicted molar refractivity (Wildman–Crippen MR) is 98.1 cm³/mol. The fourth-order valence-corrected chi connectivity index (χ4v) is 4.59. The first kappa shape index (κ1) is 16.3. The van der Waals surface area contributed by atoms with E-state index >= 15 is 0 Å². The number of nitrogens with zero attached hydrogens (tertiary/aromatic N) is 2. The van der Waals surface area contributed by atoms with Crippen molar-refractivity contribution in [3.8, 4) is 0 Å². The van der Waals surface area contributed by atoms with Crippen molar-refractivity contribution in [2.75, 3.05) is 13.1 Å². The van der Waals surface area contributed by atoms with Crippen LogP contribution in [0.5, 0.6) is 0 Å². The summed E-state index contributed by atoms with van der Waals surface area (Å²) in [5, 5.41) is 2.10. The van der Waals surface area contributed by atoms with Crippen molar-refractivity contribution < 1.29 is 9.59 Å². The molecule has 2 aliphatic heterocycles. The van der Waals surface area contributed by atoms with Crippen LogP contribution in [0.15, 0.2) is 35.7 Å². The summed E-state index contributed by atoms with van der Waals surface area (Å²) in [6.45, 7) is 4.66. The van der Waals surface area contributed by atoms with E-state index in [1.165, 1.54) is 16.0 Å². The average molecular weight is 354 g/mol. The minimum Gasteiger partial charge on any atom is -0.338 e. The number of amides is 2. The number of hydrogen-bond acceptors (Lipinski definition) is 3. The lowest BCUT2D eigenvalue weighted by atomic mass is 10.0. The number of aryl methyl sites for hydroxylation is 1. The second kappa shape index (κ2) is 6.64. The molecule has 1 aromatic carbocycles. The molecule has 2 aromatic rings. The van der Waals surface area contributed by atoms with Crippen molar-refractivity contribution >= 4 is 23.2 Å². The molecule has 1 saturated heterocycles. The summed E-state index contributed by atoms with van der Waals surface area (Å²) in [4.78, 5) is 30.4. The lowest BCUT2D eigenvalue weighted by Gasteiger charge is -2.29. The highest BCUT2D eigenvalue weighted by Gasteiger charge is 2.37. The van der Waals surface area contributed by atoms with Crippen LogP contribution in [-0.4, -0.2) is 34.7 Å². The molecule has 130 valence electrons. The Balaban J connectivity index is 1.40. The van der Waals surface area contributed by atoms with E-state index in [2.05, 4.69) is 42.6 Å². The molecule has 1 atom stereocenters. The third kappa shape index (κ3) is 3.33. The van der Waals surface area contributed by atoms with E-state index in [0.29, 0.717) is 26.1 Å². The molecule has 25 heavy (non-hydrogen) atoms. The maximum absolute atomic E-state index is 12.9. The van der Waals surface area contributed by atoms with Crippen molar-refractivity contribution in [2.24, 2.45) is 5.92 Å². The largest absolute Gasteiger partial charge is 0.338 e. The Morgan fingerprint density at radius 2 is 2.04 bits per heavy atom. The second-order valence-electron chi connectivity index (χ2n) is 7.04. The van der Waals surface area contributed by atoms with Crippen LogP contribution in [0.1, 0.15) is 28.0 Å². The number of thiophene rings is 1. The molecule has 2 aliphatic rings. The molecule has 0 aliphatic carbocycles. The molecular formula is C20H22N2O2S. The molecule has 1 fully saturated rings. The summed E-state index contributed by atoms with van der Waals surface area (Å²) in [6.07, 6.45) is 1.28. The highest BCUT2D eigenvalue weighted by atomic mass is 32.1. The van der Waals surface area contributed by atoms with E-state index in [1.807, 2.05) is 9.80 Å². The van der Waals surface area contributed by atoms with Crippen molar-refractivity contribution in [3.05, 3.63) is 57.3 Å². The molecule has 3 heterocycles. The van der Waals surface area contributed by atoms with Gasteiger partial charge < -0.3 is 9.80 Å². The zero-order chi connectivity index (χ0) is 17.4. The minimum atomic E-state index is -0.196. The zero-order valence-electron chi connectivity index (χ0n) is 14.4. The van der Waals surface area contributed by atoms with Gasteiger partial charge in [-0.3, -0.25) is 9.59 Å². The second-order valence-corrected chi connectivity index (χ2v) is 8.04. The van der Waals surface area contributed by atoms with E-state index in [-0.39, 0.29) is 17.7 Å². The quantitative estimate of drug-likeness (QED) is 0.850. The Kier molecular flexibility index (Phi) is 4.34. The molecule has 0 radical (unpaired) electrons. The van der Waals surface area contributed by atoms with Gasteiger partial charge in [-0.15, -0.1) is 11.3 Å². The van der Waals surface area contributed by atoms with Crippen molar-refractivity contribution in [2.45, 2.75) is 32.9 Å². The SMILES string of the molecule is Cc1ccc(CN2CC(C(=O)N3CCc4sccc4C3)CC2=O)cc1. The van der Waals surface area contributed by atoms with E-state index in [1.54, 1.807) is 11.3 Å². The van der Waals surface area contributed by atoms with Crippen LogP contribution in [0.3, 0.4) is 0 Å². The normalized spacial score (nSPS) is 20.0. The van der Waals surface area contributed by atoms with Gasteiger partial charge in [0.15, 0.2) is 0 Å². The monoisotopic (exact) mass is 354 g/mol. The standard InChI is InChI=1S/C20H22N2O2S/c1-14-2-4-15(5-3-14)11-22-13-17(10-19(22)23)20(24)21-8-6-18-16(12-21)7-9-25-18/h2-5,7,9,17H,6,8,10-13H2,1H3. The number of rotatable bonds is 3. The molecule has 2 amide bonds. The minimum absolute atomic E-state index is 0.0900. The Hall–Kier alpha value is -2.14. The molecule has 4 nitrogen and oxygen atoms in total. The number of hydrogen-bond donors (Lipinski definition) is 0. The van der Waals surface area contributed by atoms with Crippen LogP contribution in [-0.2, 0) is 29.1 Å². The summed E-state index contributed by atoms with van der Waals surface area (Å²) in [6, 6.07) is 10.3. The molecule has 5 heteroatoms. The van der Waals surface area contributed by atoms with E-state index < -0.39 is 0 Å². The van der Waals surface area contributed by atoms with Gasteiger partial charge in [0.1, 0.15) is 0 Å². The number of carbonyl (C=O) groups is 2. The van der Waals surface area contributed by atoms with Gasteiger partial charge in [-0.2, -0.15) is 0 Å². The van der Waals surface area contributed by atoms with Gasteiger partial charge in [0.2, 0.25) is 11.8 Å². The molecular weight excluding hydrogens is 332 g/mol. The lowest BCUT2D eigenvalue weighted by molar-refractivity contribution is -0.136. The topological polar surface area (TPSA) is 40.6 Å². The summed E-state index contributed by atoms with van der Waals surface area (Å²) >= 11 is 1.77. The number of carbonyl (C=O) groups excluding carboxylic acids is 2. The van der Waals surface area contributed by atoms with Crippen molar-refractivity contribution in [3.63, 3.8) is 0 Å². The summed E-state index contributed by atoms with van der Waals surface area (Å²) in [5.74, 6) is 0.0295. The van der Waals surface area contributed by atoms with Crippen LogP contribution in [0, 0.1) is 12.8 Å². The maximum atomic E-state index is 12.9. The van der Waals surface area contributed by atoms with Crippen molar-refractivity contribution in [1.29, 1.82) is 0 Å². The molecule has 4 rings (SSSR count). The number of likely N-dealkylation sites (tertiary alicyclic amines) is 1. The van der Waals surface area contributed by atoms with Gasteiger partial charge in [0, 0.05) is 37.5 Å². The van der Waals surface area contributed by atoms with Crippen LogP contribution in [0.25, 0.3) is 0 Å². The Morgan fingerprint density at radius 3 is 2.84 bits per heavy atom. The fraction of sp³-hybridized carbons (Fsp3) is 0.400. The van der Waals surface area contributed by atoms with Crippen LogP contribution >= 0.6 is 11.3 Å². The molecule has 0 saturated carbocycles. The highest BCUT2D eigenvalue weighted by Crippen LogP contribution is 2.28. The average Bonchev–Trinajstić information content (AvgIpc) is 3.22. The van der Waals surface area contributed by atoms with Gasteiger partial charge in [-0.05, 0) is 35.9 Å². The Morgan fingerprint density at radius 1 is 1.24 bits per heavy atom. The first-order valence-corrected chi connectivity index (χ1v) is 9.65. The Labute approximate surface area is 152 Å². The van der Waals surface area contributed by atoms with E-state index in [0.717, 1.165) is 18.5 Å². The third-order valence-corrected chi connectivity index (χ3v) is 6.20. The maximum Gasteiger partial charge on any atom is 0.228 e. The number of benzene rings is 1. The third-order valence-electron chi connectivity index (χ3n) is 5.18. The van der Waals surface area contributed by atoms with Gasteiger partial charge in [0.25, 0.3) is 0 Å². The molecule has 1 unspecified atom stereocenters. The number of fused-ring (bicyclic) bond motifs is 1. The summed E-state index contributed by atoms with van der Waals surface area (Å²) in [5.41, 5.74) is 3.60.